The lowest BCUT2D eigenvalue weighted by atomic mass is 10.1. The van der Waals surface area contributed by atoms with Crippen LogP contribution in [0, 0.1) is 0 Å². The maximum atomic E-state index is 5.71. The number of H-pyrrole nitrogens is 1. The number of hydrogen-bond donors (Lipinski definition) is 3. The number of aromatic nitrogens is 2. The third-order valence-corrected chi connectivity index (χ3v) is 2.18. The molecule has 0 aliphatic heterocycles. The second kappa shape index (κ2) is 4.14. The normalized spacial score (nSPS) is 10.5. The highest BCUT2D eigenvalue weighted by Crippen LogP contribution is 2.19. The third kappa shape index (κ3) is 2.16. The fourth-order valence-electron chi connectivity index (χ4n) is 1.49. The van der Waals surface area contributed by atoms with Gasteiger partial charge in [0.2, 0.25) is 0 Å². The Labute approximate surface area is 88.5 Å². The van der Waals surface area contributed by atoms with Crippen LogP contribution >= 0.6 is 0 Å². The van der Waals surface area contributed by atoms with E-state index in [1.165, 1.54) is 0 Å². The van der Waals surface area contributed by atoms with E-state index in [0.29, 0.717) is 0 Å². The molecule has 0 spiro atoms. The highest BCUT2D eigenvalue weighted by atomic mass is 15.1. The van der Waals surface area contributed by atoms with Crippen LogP contribution in [0.3, 0.4) is 0 Å². The molecular formula is C11H14N4. The summed E-state index contributed by atoms with van der Waals surface area (Å²) in [6.45, 7) is 0.787. The first-order chi connectivity index (χ1) is 7.29. The van der Waals surface area contributed by atoms with E-state index in [4.69, 9.17) is 5.73 Å². The Balaban J connectivity index is 2.29. The molecule has 0 saturated carbocycles. The van der Waals surface area contributed by atoms with E-state index < -0.39 is 0 Å². The molecule has 0 radical (unpaired) electrons. The monoisotopic (exact) mass is 202 g/mol. The first kappa shape index (κ1) is 9.73. The Bertz CT molecular complexity index is 447. The predicted molar refractivity (Wildman–Crippen MR) is 61.2 cm³/mol. The summed E-state index contributed by atoms with van der Waals surface area (Å²) >= 11 is 0. The molecule has 4 N–H and O–H groups in total. The molecule has 0 aliphatic rings. The molecule has 78 valence electrons. The van der Waals surface area contributed by atoms with Gasteiger partial charge in [-0.05, 0) is 25.2 Å². The SMILES string of the molecule is CNCc1cc(-c2cccc(N)c2)n[nH]1. The summed E-state index contributed by atoms with van der Waals surface area (Å²) in [6, 6.07) is 9.72. The molecule has 0 bridgehead atoms. The number of nitrogens with one attached hydrogen (secondary N) is 2. The van der Waals surface area contributed by atoms with Crippen molar-refractivity contribution in [1.29, 1.82) is 0 Å². The molecule has 0 amide bonds. The van der Waals surface area contributed by atoms with Gasteiger partial charge < -0.3 is 11.1 Å². The average molecular weight is 202 g/mol. The maximum Gasteiger partial charge on any atom is 0.0924 e. The van der Waals surface area contributed by atoms with Crippen LogP contribution in [0.25, 0.3) is 11.3 Å². The van der Waals surface area contributed by atoms with Crippen LogP contribution in [-0.2, 0) is 6.54 Å². The van der Waals surface area contributed by atoms with Crippen molar-refractivity contribution in [3.63, 3.8) is 0 Å². The Morgan fingerprint density at radius 1 is 1.40 bits per heavy atom. The van der Waals surface area contributed by atoms with Gasteiger partial charge >= 0.3 is 0 Å². The van der Waals surface area contributed by atoms with Crippen molar-refractivity contribution in [3.05, 3.63) is 36.0 Å². The Hall–Kier alpha value is -1.81. The number of anilines is 1. The van der Waals surface area contributed by atoms with Gasteiger partial charge in [0.05, 0.1) is 5.69 Å². The van der Waals surface area contributed by atoms with Gasteiger partial charge in [-0.2, -0.15) is 5.10 Å². The molecule has 15 heavy (non-hydrogen) atoms. The highest BCUT2D eigenvalue weighted by Gasteiger charge is 2.03. The minimum absolute atomic E-state index is 0.755. The van der Waals surface area contributed by atoms with Gasteiger partial charge in [-0.3, -0.25) is 5.10 Å². The number of hydrogen-bond acceptors (Lipinski definition) is 3. The van der Waals surface area contributed by atoms with E-state index in [9.17, 15) is 0 Å². The molecule has 1 aromatic carbocycles. The molecule has 0 atom stereocenters. The number of nitrogens with zero attached hydrogens (tertiary/aromatic N) is 1. The summed E-state index contributed by atoms with van der Waals surface area (Å²) < 4.78 is 0. The van der Waals surface area contributed by atoms with E-state index >= 15 is 0 Å². The number of nitrogens with two attached hydrogens (primary N) is 1. The molecule has 0 aliphatic carbocycles. The molecule has 4 heteroatoms. The van der Waals surface area contributed by atoms with E-state index in [0.717, 1.165) is 29.2 Å². The summed E-state index contributed by atoms with van der Waals surface area (Å²) in [4.78, 5) is 0. The molecule has 0 fully saturated rings. The summed E-state index contributed by atoms with van der Waals surface area (Å²) in [5.74, 6) is 0. The molecule has 2 aromatic rings. The average Bonchev–Trinajstić information content (AvgIpc) is 2.67. The summed E-state index contributed by atoms with van der Waals surface area (Å²) in [7, 11) is 1.90. The van der Waals surface area contributed by atoms with Crippen LogP contribution in [0.5, 0.6) is 0 Å². The second-order valence-electron chi connectivity index (χ2n) is 3.43. The van der Waals surface area contributed by atoms with Gasteiger partial charge in [0.1, 0.15) is 0 Å². The minimum atomic E-state index is 0.755. The zero-order valence-electron chi connectivity index (χ0n) is 8.62. The largest absolute Gasteiger partial charge is 0.399 e. The third-order valence-electron chi connectivity index (χ3n) is 2.18. The van der Waals surface area contributed by atoms with Gasteiger partial charge in [-0.15, -0.1) is 0 Å². The van der Waals surface area contributed by atoms with Gasteiger partial charge in [0, 0.05) is 23.5 Å². The smallest absolute Gasteiger partial charge is 0.0924 e. The van der Waals surface area contributed by atoms with Crippen LogP contribution < -0.4 is 11.1 Å². The van der Waals surface area contributed by atoms with Gasteiger partial charge in [0.15, 0.2) is 0 Å². The minimum Gasteiger partial charge on any atom is -0.399 e. The quantitative estimate of drug-likeness (QED) is 0.659. The van der Waals surface area contributed by atoms with Crippen molar-refractivity contribution in [2.45, 2.75) is 6.54 Å². The second-order valence-corrected chi connectivity index (χ2v) is 3.43. The van der Waals surface area contributed by atoms with Crippen molar-refractivity contribution in [3.8, 4) is 11.3 Å². The van der Waals surface area contributed by atoms with Crippen molar-refractivity contribution < 1.29 is 0 Å². The fraction of sp³-hybridized carbons (Fsp3) is 0.182. The molecule has 2 rings (SSSR count). The van der Waals surface area contributed by atoms with E-state index in [1.807, 2.05) is 37.4 Å². The van der Waals surface area contributed by atoms with Crippen LogP contribution in [0.15, 0.2) is 30.3 Å². The number of rotatable bonds is 3. The Kier molecular flexibility index (Phi) is 2.69. The lowest BCUT2D eigenvalue weighted by Crippen LogP contribution is -2.04. The number of aromatic amines is 1. The Morgan fingerprint density at radius 3 is 3.00 bits per heavy atom. The lowest BCUT2D eigenvalue weighted by Gasteiger charge is -1.97. The number of benzene rings is 1. The maximum absolute atomic E-state index is 5.71. The predicted octanol–water partition coefficient (Wildman–Crippen LogP) is 1.38. The fourth-order valence-corrected chi connectivity index (χ4v) is 1.49. The molecule has 4 nitrogen and oxygen atoms in total. The summed E-state index contributed by atoms with van der Waals surface area (Å²) in [5.41, 5.74) is 9.49. The van der Waals surface area contributed by atoms with Crippen molar-refractivity contribution in [1.82, 2.24) is 15.5 Å². The van der Waals surface area contributed by atoms with Crippen LogP contribution in [-0.4, -0.2) is 17.2 Å². The lowest BCUT2D eigenvalue weighted by molar-refractivity contribution is 0.784. The van der Waals surface area contributed by atoms with Crippen LogP contribution in [0.2, 0.25) is 0 Å². The topological polar surface area (TPSA) is 66.7 Å². The van der Waals surface area contributed by atoms with Crippen LogP contribution in [0.1, 0.15) is 5.69 Å². The van der Waals surface area contributed by atoms with Crippen molar-refractivity contribution in [2.24, 2.45) is 0 Å². The first-order valence-corrected chi connectivity index (χ1v) is 4.84. The zero-order chi connectivity index (χ0) is 10.7. The standard InChI is InChI=1S/C11H14N4/c1-13-7-10-6-11(15-14-10)8-3-2-4-9(12)5-8/h2-6,13H,7,12H2,1H3,(H,14,15). The van der Waals surface area contributed by atoms with Crippen LogP contribution in [0.4, 0.5) is 5.69 Å². The summed E-state index contributed by atoms with van der Waals surface area (Å²) in [6.07, 6.45) is 0. The molecular weight excluding hydrogens is 188 g/mol. The van der Waals surface area contributed by atoms with E-state index in [1.54, 1.807) is 0 Å². The molecule has 0 unspecified atom stereocenters. The van der Waals surface area contributed by atoms with E-state index in [-0.39, 0.29) is 0 Å². The molecule has 0 saturated heterocycles. The van der Waals surface area contributed by atoms with Gasteiger partial charge in [-0.25, -0.2) is 0 Å². The molecule has 1 aromatic heterocycles. The summed E-state index contributed by atoms with van der Waals surface area (Å²) in [5, 5.41) is 10.3. The zero-order valence-corrected chi connectivity index (χ0v) is 8.62. The first-order valence-electron chi connectivity index (χ1n) is 4.84. The van der Waals surface area contributed by atoms with Gasteiger partial charge in [0.25, 0.3) is 0 Å². The van der Waals surface area contributed by atoms with E-state index in [2.05, 4.69) is 15.5 Å². The van der Waals surface area contributed by atoms with Crippen molar-refractivity contribution >= 4 is 5.69 Å². The van der Waals surface area contributed by atoms with Crippen molar-refractivity contribution in [2.75, 3.05) is 12.8 Å². The molecule has 1 heterocycles. The Morgan fingerprint density at radius 2 is 2.27 bits per heavy atom. The van der Waals surface area contributed by atoms with Gasteiger partial charge in [-0.1, -0.05) is 12.1 Å². The highest BCUT2D eigenvalue weighted by molar-refractivity contribution is 5.63. The number of nitrogen functional groups attached to an aromatic ring is 1.